The Balaban J connectivity index is 5.17. The first-order chi connectivity index (χ1) is 17.6. The first-order valence-corrected chi connectivity index (χ1v) is 15.4. The van der Waals surface area contributed by atoms with Crippen molar-refractivity contribution >= 4 is 40.9 Å². The molecule has 0 saturated heterocycles. The third-order valence-corrected chi connectivity index (χ3v) is 11.5. The van der Waals surface area contributed by atoms with Crippen LogP contribution in [0.25, 0.3) is 0 Å². The summed E-state index contributed by atoms with van der Waals surface area (Å²) in [5.41, 5.74) is 0. The van der Waals surface area contributed by atoms with Crippen LogP contribution < -0.4 is 5.32 Å². The van der Waals surface area contributed by atoms with Crippen molar-refractivity contribution < 1.29 is 74.3 Å². The van der Waals surface area contributed by atoms with Gasteiger partial charge in [0.25, 0.3) is 5.08 Å². The van der Waals surface area contributed by atoms with E-state index < -0.39 is 71.7 Å². The summed E-state index contributed by atoms with van der Waals surface area (Å²) >= 11 is 0. The molecule has 38 heavy (non-hydrogen) atoms. The Morgan fingerprint density at radius 2 is 1.39 bits per heavy atom. The second-order valence-corrected chi connectivity index (χ2v) is 14.1. The third-order valence-electron chi connectivity index (χ3n) is 4.60. The van der Waals surface area contributed by atoms with E-state index in [1.54, 1.807) is 6.92 Å². The molecule has 0 aliphatic heterocycles. The number of hydrogen-bond acceptors (Lipinski definition) is 16. The van der Waals surface area contributed by atoms with E-state index >= 15 is 0 Å². The number of amides is 1. The maximum atomic E-state index is 12.9. The molecule has 0 fully saturated rings. The number of carbonyl (C=O) groups is 3. The molecule has 0 aromatic heterocycles. The Hall–Kier alpha value is -1.22. The van der Waals surface area contributed by atoms with Gasteiger partial charge in [0.2, 0.25) is 5.91 Å². The van der Waals surface area contributed by atoms with E-state index in [0.717, 1.165) is 42.5 Å². The van der Waals surface area contributed by atoms with Crippen LogP contribution in [-0.4, -0.2) is 96.1 Å². The number of nitrogens with one attached hydrogen (secondary N) is 1. The van der Waals surface area contributed by atoms with Crippen LogP contribution in [0.5, 0.6) is 0 Å². The van der Waals surface area contributed by atoms with Crippen molar-refractivity contribution in [3.05, 3.63) is 0 Å². The van der Waals surface area contributed by atoms with E-state index in [1.165, 1.54) is 0 Å². The number of hydrogen-bond donors (Lipinski definition) is 2. The van der Waals surface area contributed by atoms with Crippen molar-refractivity contribution in [2.24, 2.45) is 0 Å². The van der Waals surface area contributed by atoms with E-state index in [9.17, 15) is 33.2 Å². The van der Waals surface area contributed by atoms with Crippen LogP contribution in [0.2, 0.25) is 0 Å². The minimum Gasteiger partial charge on any atom is -0.462 e. The molecule has 0 spiro atoms. The molecule has 20 heteroatoms. The largest absolute Gasteiger partial charge is 0.474 e. The number of phosphoric acid groups is 1. The molecule has 0 aromatic carbocycles. The Morgan fingerprint density at radius 3 is 1.82 bits per heavy atom. The summed E-state index contributed by atoms with van der Waals surface area (Å²) < 4.78 is 82.0. The number of carbonyl (C=O) groups excluding carboxylic acids is 3. The lowest BCUT2D eigenvalue weighted by atomic mass is 10.4. The van der Waals surface area contributed by atoms with E-state index in [2.05, 4.69) is 5.32 Å². The zero-order chi connectivity index (χ0) is 29.6. The maximum Gasteiger partial charge on any atom is 0.474 e. The highest BCUT2D eigenvalue weighted by Gasteiger charge is 2.64. The summed E-state index contributed by atoms with van der Waals surface area (Å²) in [6.45, 7) is 0.981. The third kappa shape index (κ3) is 10.4. The summed E-state index contributed by atoms with van der Waals surface area (Å²) in [5, 5.41) is 10.2. The lowest BCUT2D eigenvalue weighted by Gasteiger charge is -2.35. The Labute approximate surface area is 220 Å². The van der Waals surface area contributed by atoms with Crippen molar-refractivity contribution in [2.75, 3.05) is 61.9 Å². The zero-order valence-corrected chi connectivity index (χ0v) is 24.9. The van der Waals surface area contributed by atoms with Crippen LogP contribution in [-0.2, 0) is 69.2 Å². The topological polar surface area (TPSA) is 218 Å². The van der Waals surface area contributed by atoms with Crippen molar-refractivity contribution in [3.63, 3.8) is 0 Å². The highest BCUT2D eigenvalue weighted by Crippen LogP contribution is 2.76. The molecule has 0 aliphatic rings. The number of esters is 2. The molecular weight excluding hydrogens is 579 g/mol. The van der Waals surface area contributed by atoms with Crippen LogP contribution >= 0.6 is 23.0 Å². The van der Waals surface area contributed by atoms with Gasteiger partial charge in [-0.1, -0.05) is 6.92 Å². The summed E-state index contributed by atoms with van der Waals surface area (Å²) in [4.78, 5) is 35.1. The van der Waals surface area contributed by atoms with Gasteiger partial charge in [-0.25, -0.2) is 4.57 Å². The highest BCUT2D eigenvalue weighted by atomic mass is 31.2. The average molecular weight is 615 g/mol. The molecule has 0 aromatic rings. The predicted octanol–water partition coefficient (Wildman–Crippen LogP) is 1.78. The quantitative estimate of drug-likeness (QED) is 0.113. The number of ether oxygens (including phenoxy) is 2. The minimum absolute atomic E-state index is 0.0828. The van der Waals surface area contributed by atoms with Crippen LogP contribution in [0.3, 0.4) is 0 Å². The van der Waals surface area contributed by atoms with Crippen molar-refractivity contribution in [1.82, 2.24) is 5.32 Å². The second kappa shape index (κ2) is 16.8. The Kier molecular flexibility index (Phi) is 16.2. The second-order valence-electron chi connectivity index (χ2n) is 7.05. The lowest BCUT2D eigenvalue weighted by Crippen LogP contribution is -2.39. The zero-order valence-electron chi connectivity index (χ0n) is 22.2. The van der Waals surface area contributed by atoms with Gasteiger partial charge in [0, 0.05) is 55.4 Å². The molecule has 2 N–H and O–H groups in total. The molecule has 2 unspecified atom stereocenters. The summed E-state index contributed by atoms with van der Waals surface area (Å²) in [7, 11) is -8.86. The molecule has 0 bridgehead atoms. The first kappa shape index (κ1) is 36.8. The first-order valence-electron chi connectivity index (χ1n) is 10.8. The van der Waals surface area contributed by atoms with Crippen LogP contribution in [0.4, 0.5) is 0 Å². The van der Waals surface area contributed by atoms with Gasteiger partial charge in [0.05, 0.1) is 19.6 Å². The van der Waals surface area contributed by atoms with Crippen molar-refractivity contribution in [3.8, 4) is 0 Å². The van der Waals surface area contributed by atoms with Gasteiger partial charge < -0.3 is 38.0 Å². The fourth-order valence-corrected chi connectivity index (χ4v) is 7.93. The molecule has 2 atom stereocenters. The van der Waals surface area contributed by atoms with Gasteiger partial charge >= 0.3 is 35.0 Å². The Bertz CT molecular complexity index is 885. The fraction of sp³-hybridized carbons (Fsp3) is 0.833. The molecule has 17 nitrogen and oxygen atoms in total. The van der Waals surface area contributed by atoms with E-state index in [4.69, 9.17) is 41.1 Å². The van der Waals surface area contributed by atoms with Gasteiger partial charge in [-0.15, -0.1) is 0 Å². The number of phosphoric ester groups is 1. The van der Waals surface area contributed by atoms with Crippen LogP contribution in [0, 0.1) is 0 Å². The molecule has 0 radical (unpaired) electrons. The monoisotopic (exact) mass is 615 g/mol. The average Bonchev–Trinajstić information content (AvgIpc) is 2.90. The van der Waals surface area contributed by atoms with Crippen molar-refractivity contribution in [2.45, 2.75) is 37.9 Å². The summed E-state index contributed by atoms with van der Waals surface area (Å²) in [5.74, 6) is -2.28. The van der Waals surface area contributed by atoms with Crippen LogP contribution in [0.1, 0.15) is 26.7 Å². The number of rotatable bonds is 20. The van der Waals surface area contributed by atoms with E-state index in [1.807, 2.05) is 0 Å². The lowest BCUT2D eigenvalue weighted by molar-refractivity contribution is -0.159. The number of aliphatic hydroxyl groups is 1. The fourth-order valence-electron chi connectivity index (χ4n) is 2.66. The van der Waals surface area contributed by atoms with Crippen LogP contribution in [0.15, 0.2) is 0 Å². The summed E-state index contributed by atoms with van der Waals surface area (Å²) in [6, 6.07) is 0. The standard InChI is InChI=1S/C18H36NO16P3/c1-8-17(22)32-12-15(35-14(2)20)13-34-38(26,31-7)33-10-9-19-16(21)11-18(23,36(24,27-3)28-4)37(25,29-5)30-6/h15,23H,8-13H2,1-7H3,(H,19,21). The van der Waals surface area contributed by atoms with Gasteiger partial charge in [-0.2, -0.15) is 0 Å². The molecule has 1 amide bonds. The smallest absolute Gasteiger partial charge is 0.462 e. The Morgan fingerprint density at radius 1 is 0.868 bits per heavy atom. The maximum absolute atomic E-state index is 12.9. The SMILES string of the molecule is CCC(=O)OCC(COP(=O)(OC)OCCNC(=O)CC(O)(P(=O)(OC)OC)P(=O)(OC)OC)OC(C)=O. The normalized spacial score (nSPS) is 14.8. The molecule has 0 rings (SSSR count). The predicted molar refractivity (Wildman–Crippen MR) is 129 cm³/mol. The van der Waals surface area contributed by atoms with E-state index in [0.29, 0.717) is 0 Å². The molecular formula is C18H36NO16P3. The van der Waals surface area contributed by atoms with Gasteiger partial charge in [0.1, 0.15) is 6.61 Å². The summed E-state index contributed by atoms with van der Waals surface area (Å²) in [6.07, 6.45) is -2.13. The van der Waals surface area contributed by atoms with Gasteiger partial charge in [0.15, 0.2) is 6.10 Å². The molecule has 0 saturated carbocycles. The van der Waals surface area contributed by atoms with Gasteiger partial charge in [-0.05, 0) is 0 Å². The van der Waals surface area contributed by atoms with Crippen molar-refractivity contribution in [1.29, 1.82) is 0 Å². The molecule has 224 valence electrons. The van der Waals surface area contributed by atoms with E-state index in [-0.39, 0.29) is 19.6 Å². The molecule has 0 aliphatic carbocycles. The molecule has 0 heterocycles. The van der Waals surface area contributed by atoms with Gasteiger partial charge in [-0.3, -0.25) is 37.1 Å². The minimum atomic E-state index is -4.63. The highest BCUT2D eigenvalue weighted by molar-refractivity contribution is 7.73.